The number of nitrogens with zero attached hydrogens (tertiary/aromatic N) is 1. The van der Waals surface area contributed by atoms with Crippen LogP contribution in [0.1, 0.15) is 16.8 Å². The van der Waals surface area contributed by atoms with Crippen LogP contribution in [0.15, 0.2) is 54.6 Å². The number of carbonyl (C=O) groups excluding carboxylic acids is 2. The number of likely N-dealkylation sites (tertiary alicyclic amines) is 1. The number of rotatable bonds is 3. The highest BCUT2D eigenvalue weighted by Crippen LogP contribution is 2.17. The van der Waals surface area contributed by atoms with Crippen LogP contribution in [0.4, 0.5) is 14.9 Å². The van der Waals surface area contributed by atoms with Crippen LogP contribution in [-0.2, 0) is 4.74 Å². The van der Waals surface area contributed by atoms with E-state index < -0.39 is 6.09 Å². The van der Waals surface area contributed by atoms with Crippen molar-refractivity contribution >= 4 is 17.7 Å². The first-order valence-corrected chi connectivity index (χ1v) is 7.69. The molecule has 2 aromatic carbocycles. The first-order chi connectivity index (χ1) is 11.6. The third-order valence-corrected chi connectivity index (χ3v) is 3.82. The second-order valence-corrected chi connectivity index (χ2v) is 5.57. The quantitative estimate of drug-likeness (QED) is 0.940. The highest BCUT2D eigenvalue weighted by Gasteiger charge is 2.29. The van der Waals surface area contributed by atoms with Gasteiger partial charge in [-0.2, -0.15) is 0 Å². The minimum absolute atomic E-state index is 0.190. The molecule has 1 aliphatic heterocycles. The van der Waals surface area contributed by atoms with Crippen molar-refractivity contribution in [2.75, 3.05) is 18.4 Å². The molecule has 1 fully saturated rings. The lowest BCUT2D eigenvalue weighted by Crippen LogP contribution is -2.31. The smallest absolute Gasteiger partial charge is 0.411 e. The lowest BCUT2D eigenvalue weighted by Gasteiger charge is -2.17. The molecule has 6 heteroatoms. The van der Waals surface area contributed by atoms with E-state index in [0.717, 1.165) is 0 Å². The Kier molecular flexibility index (Phi) is 4.74. The minimum atomic E-state index is -0.540. The number of para-hydroxylation sites is 1. The van der Waals surface area contributed by atoms with Gasteiger partial charge in [-0.1, -0.05) is 18.2 Å². The molecule has 1 heterocycles. The van der Waals surface area contributed by atoms with E-state index >= 15 is 0 Å². The van der Waals surface area contributed by atoms with E-state index in [-0.39, 0.29) is 17.8 Å². The van der Waals surface area contributed by atoms with E-state index in [0.29, 0.717) is 30.8 Å². The normalized spacial score (nSPS) is 16.7. The van der Waals surface area contributed by atoms with Crippen molar-refractivity contribution in [3.05, 3.63) is 66.0 Å². The predicted octanol–water partition coefficient (Wildman–Crippen LogP) is 3.29. The van der Waals surface area contributed by atoms with E-state index in [1.165, 1.54) is 24.3 Å². The summed E-state index contributed by atoms with van der Waals surface area (Å²) in [6.45, 7) is 0.831. The zero-order chi connectivity index (χ0) is 16.9. The Labute approximate surface area is 139 Å². The van der Waals surface area contributed by atoms with Gasteiger partial charge in [0.05, 0.1) is 6.54 Å². The van der Waals surface area contributed by atoms with E-state index in [1.807, 2.05) is 18.2 Å². The van der Waals surface area contributed by atoms with Crippen molar-refractivity contribution < 1.29 is 18.7 Å². The summed E-state index contributed by atoms with van der Waals surface area (Å²) in [7, 11) is 0. The van der Waals surface area contributed by atoms with Crippen LogP contribution in [0.2, 0.25) is 0 Å². The summed E-state index contributed by atoms with van der Waals surface area (Å²) >= 11 is 0. The maximum Gasteiger partial charge on any atom is 0.411 e. The summed E-state index contributed by atoms with van der Waals surface area (Å²) in [5.41, 5.74) is 1.07. The van der Waals surface area contributed by atoms with Crippen LogP contribution in [0.5, 0.6) is 0 Å². The van der Waals surface area contributed by atoms with Crippen LogP contribution in [0.25, 0.3) is 0 Å². The Morgan fingerprint density at radius 1 is 1.08 bits per heavy atom. The van der Waals surface area contributed by atoms with Gasteiger partial charge in [0.25, 0.3) is 5.91 Å². The predicted molar refractivity (Wildman–Crippen MR) is 87.3 cm³/mol. The van der Waals surface area contributed by atoms with Crippen LogP contribution < -0.4 is 5.32 Å². The fourth-order valence-electron chi connectivity index (χ4n) is 2.60. The molecule has 24 heavy (non-hydrogen) atoms. The Balaban J connectivity index is 1.52. The van der Waals surface area contributed by atoms with E-state index in [4.69, 9.17) is 4.74 Å². The van der Waals surface area contributed by atoms with Gasteiger partial charge in [0, 0.05) is 24.2 Å². The minimum Gasteiger partial charge on any atom is -0.444 e. The molecule has 5 nitrogen and oxygen atoms in total. The molecule has 1 saturated heterocycles. The number of ether oxygens (including phenoxy) is 1. The average molecular weight is 328 g/mol. The number of benzene rings is 2. The van der Waals surface area contributed by atoms with E-state index in [1.54, 1.807) is 17.0 Å². The lowest BCUT2D eigenvalue weighted by atomic mass is 10.2. The summed E-state index contributed by atoms with van der Waals surface area (Å²) in [5.74, 6) is -0.573. The summed E-state index contributed by atoms with van der Waals surface area (Å²) in [6, 6.07) is 14.4. The first-order valence-electron chi connectivity index (χ1n) is 7.69. The molecule has 0 saturated carbocycles. The monoisotopic (exact) mass is 328 g/mol. The number of nitrogens with one attached hydrogen (secondary N) is 1. The molecular formula is C18H17FN2O3. The van der Waals surface area contributed by atoms with Crippen molar-refractivity contribution in [2.45, 2.75) is 12.5 Å². The third-order valence-electron chi connectivity index (χ3n) is 3.82. The molecule has 2 amide bonds. The lowest BCUT2D eigenvalue weighted by molar-refractivity contribution is 0.0743. The molecular weight excluding hydrogens is 311 g/mol. The topological polar surface area (TPSA) is 58.6 Å². The van der Waals surface area contributed by atoms with Crippen LogP contribution in [0, 0.1) is 5.82 Å². The van der Waals surface area contributed by atoms with E-state index in [9.17, 15) is 14.0 Å². The van der Waals surface area contributed by atoms with Gasteiger partial charge in [-0.3, -0.25) is 10.1 Å². The van der Waals surface area contributed by atoms with Crippen molar-refractivity contribution in [3.63, 3.8) is 0 Å². The van der Waals surface area contributed by atoms with Crippen molar-refractivity contribution in [1.29, 1.82) is 0 Å². The average Bonchev–Trinajstić information content (AvgIpc) is 3.04. The van der Waals surface area contributed by atoms with Gasteiger partial charge in [0.2, 0.25) is 0 Å². The number of hydrogen-bond acceptors (Lipinski definition) is 3. The fraction of sp³-hybridized carbons (Fsp3) is 0.222. The maximum atomic E-state index is 12.9. The Morgan fingerprint density at radius 3 is 2.50 bits per heavy atom. The second-order valence-electron chi connectivity index (χ2n) is 5.57. The molecule has 1 aliphatic rings. The Morgan fingerprint density at radius 2 is 1.79 bits per heavy atom. The zero-order valence-electron chi connectivity index (χ0n) is 12.9. The molecule has 0 radical (unpaired) electrons. The molecule has 2 aromatic rings. The number of carbonyl (C=O) groups is 2. The van der Waals surface area contributed by atoms with Crippen LogP contribution in [0.3, 0.4) is 0 Å². The third kappa shape index (κ3) is 3.90. The summed E-state index contributed by atoms with van der Waals surface area (Å²) in [5, 5.41) is 2.64. The zero-order valence-corrected chi connectivity index (χ0v) is 12.9. The Bertz CT molecular complexity index is 719. The largest absolute Gasteiger partial charge is 0.444 e. The van der Waals surface area contributed by atoms with Crippen molar-refractivity contribution in [2.24, 2.45) is 0 Å². The number of hydrogen-bond donors (Lipinski definition) is 1. The second kappa shape index (κ2) is 7.12. The van der Waals surface area contributed by atoms with Gasteiger partial charge in [-0.05, 0) is 36.4 Å². The van der Waals surface area contributed by atoms with Gasteiger partial charge in [0.1, 0.15) is 11.9 Å². The SMILES string of the molecule is O=C(Nc1ccccc1)OC1CCN(C(=O)c2ccc(F)cc2)C1. The number of anilines is 1. The van der Waals surface area contributed by atoms with Gasteiger partial charge < -0.3 is 9.64 Å². The highest BCUT2D eigenvalue weighted by atomic mass is 19.1. The molecule has 0 spiro atoms. The van der Waals surface area contributed by atoms with Gasteiger partial charge >= 0.3 is 6.09 Å². The summed E-state index contributed by atoms with van der Waals surface area (Å²) < 4.78 is 18.3. The summed E-state index contributed by atoms with van der Waals surface area (Å²) in [4.78, 5) is 25.8. The maximum absolute atomic E-state index is 12.9. The number of halogens is 1. The van der Waals surface area contributed by atoms with Gasteiger partial charge in [0.15, 0.2) is 0 Å². The van der Waals surface area contributed by atoms with Gasteiger partial charge in [-0.25, -0.2) is 9.18 Å². The fourth-order valence-corrected chi connectivity index (χ4v) is 2.60. The standard InChI is InChI=1S/C18H17FN2O3/c19-14-8-6-13(7-9-14)17(22)21-11-10-16(12-21)24-18(23)20-15-4-2-1-3-5-15/h1-9,16H,10-12H2,(H,20,23). The molecule has 0 aliphatic carbocycles. The molecule has 1 N–H and O–H groups in total. The van der Waals surface area contributed by atoms with Crippen LogP contribution >= 0.6 is 0 Å². The number of amides is 2. The summed E-state index contributed by atoms with van der Waals surface area (Å²) in [6.07, 6.45) is -0.310. The molecule has 124 valence electrons. The molecule has 1 atom stereocenters. The van der Waals surface area contributed by atoms with E-state index in [2.05, 4.69) is 5.32 Å². The molecule has 0 bridgehead atoms. The van der Waals surface area contributed by atoms with Crippen molar-refractivity contribution in [1.82, 2.24) is 4.90 Å². The van der Waals surface area contributed by atoms with Gasteiger partial charge in [-0.15, -0.1) is 0 Å². The van der Waals surface area contributed by atoms with Crippen LogP contribution in [-0.4, -0.2) is 36.1 Å². The Hall–Kier alpha value is -2.89. The molecule has 1 unspecified atom stereocenters. The molecule has 3 rings (SSSR count). The molecule has 0 aromatic heterocycles. The van der Waals surface area contributed by atoms with Crippen molar-refractivity contribution in [3.8, 4) is 0 Å². The first kappa shape index (κ1) is 16.0. The highest BCUT2D eigenvalue weighted by molar-refractivity contribution is 5.94.